The van der Waals surface area contributed by atoms with Crippen LogP contribution >= 0.6 is 11.8 Å². The highest BCUT2D eigenvalue weighted by molar-refractivity contribution is 7.99. The van der Waals surface area contributed by atoms with Crippen LogP contribution in [-0.2, 0) is 17.8 Å². The van der Waals surface area contributed by atoms with E-state index in [1.54, 1.807) is 11.8 Å². The van der Waals surface area contributed by atoms with Gasteiger partial charge >= 0.3 is 0 Å². The predicted octanol–water partition coefficient (Wildman–Crippen LogP) is 5.47. The fourth-order valence-electron chi connectivity index (χ4n) is 6.99. The molecule has 5 nitrogen and oxygen atoms in total. The molecule has 4 aliphatic carbocycles. The second-order valence-corrected chi connectivity index (χ2v) is 11.5. The highest BCUT2D eigenvalue weighted by Crippen LogP contribution is 2.60. The molecule has 0 spiro atoms. The van der Waals surface area contributed by atoms with Gasteiger partial charge in [-0.1, -0.05) is 43.8 Å². The number of carbonyl (C=O) groups is 1. The summed E-state index contributed by atoms with van der Waals surface area (Å²) in [7, 11) is 0. The number of rotatable bonds is 8. The van der Waals surface area contributed by atoms with Crippen LogP contribution in [0.4, 0.5) is 0 Å². The summed E-state index contributed by atoms with van der Waals surface area (Å²) < 4.78 is 2.20. The smallest absolute Gasteiger partial charge is 0.226 e. The standard InChI is InChI=1S/C26H36N4OS/c1-4-9-32-25-29-28-22(30(25)23-17(3)7-6-8-21(23)5-2)16-27-24(31)26-13-18-10-19(14-26)12-20(11-18)15-26/h6-8,18-20H,4-5,9-16H2,1-3H3,(H,27,31). The molecule has 1 aromatic heterocycles. The van der Waals surface area contributed by atoms with E-state index in [9.17, 15) is 4.79 Å². The van der Waals surface area contributed by atoms with Crippen molar-refractivity contribution in [3.8, 4) is 5.69 Å². The first-order chi connectivity index (χ1) is 15.5. The van der Waals surface area contributed by atoms with Gasteiger partial charge in [0.1, 0.15) is 0 Å². The third kappa shape index (κ3) is 3.89. The number of hydrogen-bond acceptors (Lipinski definition) is 4. The normalized spacial score (nSPS) is 28.3. The lowest BCUT2D eigenvalue weighted by atomic mass is 9.49. The lowest BCUT2D eigenvalue weighted by Crippen LogP contribution is -2.53. The second kappa shape index (κ2) is 8.85. The van der Waals surface area contributed by atoms with Crippen molar-refractivity contribution < 1.29 is 4.79 Å². The van der Waals surface area contributed by atoms with Crippen LogP contribution in [0, 0.1) is 30.1 Å². The Morgan fingerprint density at radius 2 is 1.81 bits per heavy atom. The molecule has 4 aliphatic rings. The van der Waals surface area contributed by atoms with Crippen LogP contribution in [0.3, 0.4) is 0 Å². The van der Waals surface area contributed by atoms with Gasteiger partial charge < -0.3 is 5.32 Å². The number of nitrogens with zero attached hydrogens (tertiary/aromatic N) is 3. The van der Waals surface area contributed by atoms with Crippen LogP contribution < -0.4 is 5.32 Å². The number of amides is 1. The maximum atomic E-state index is 13.5. The van der Waals surface area contributed by atoms with Gasteiger partial charge in [-0.25, -0.2) is 0 Å². The first kappa shape index (κ1) is 22.0. The van der Waals surface area contributed by atoms with Gasteiger partial charge in [0, 0.05) is 11.2 Å². The Labute approximate surface area is 196 Å². The Kier molecular flexibility index (Phi) is 6.08. The van der Waals surface area contributed by atoms with Gasteiger partial charge in [0.2, 0.25) is 5.91 Å². The molecule has 0 radical (unpaired) electrons. The number of aryl methyl sites for hydroxylation is 2. The first-order valence-corrected chi connectivity index (χ1v) is 13.5. The van der Waals surface area contributed by atoms with Crippen LogP contribution in [0.5, 0.6) is 0 Å². The number of hydrogen-bond donors (Lipinski definition) is 1. The maximum absolute atomic E-state index is 13.5. The van der Waals surface area contributed by atoms with E-state index < -0.39 is 0 Å². The fraction of sp³-hybridized carbons (Fsp3) is 0.654. The van der Waals surface area contributed by atoms with Crippen molar-refractivity contribution in [3.05, 3.63) is 35.2 Å². The van der Waals surface area contributed by atoms with Crippen molar-refractivity contribution in [1.29, 1.82) is 0 Å². The largest absolute Gasteiger partial charge is 0.348 e. The molecule has 0 saturated heterocycles. The summed E-state index contributed by atoms with van der Waals surface area (Å²) in [5.41, 5.74) is 3.56. The van der Waals surface area contributed by atoms with Gasteiger partial charge in [0.15, 0.2) is 11.0 Å². The van der Waals surface area contributed by atoms with Crippen LogP contribution in [0.1, 0.15) is 75.7 Å². The Morgan fingerprint density at radius 3 is 2.44 bits per heavy atom. The average Bonchev–Trinajstić information content (AvgIpc) is 3.17. The molecule has 1 amide bonds. The zero-order valence-electron chi connectivity index (χ0n) is 19.7. The average molecular weight is 453 g/mol. The molecule has 0 unspecified atom stereocenters. The van der Waals surface area contributed by atoms with Gasteiger partial charge in [-0.05, 0) is 87.2 Å². The molecule has 2 aromatic rings. The third-order valence-corrected chi connectivity index (χ3v) is 9.12. The Bertz CT molecular complexity index is 962. The van der Waals surface area contributed by atoms with Crippen molar-refractivity contribution in [1.82, 2.24) is 20.1 Å². The molecule has 0 aliphatic heterocycles. The molecular formula is C26H36N4OS. The Morgan fingerprint density at radius 1 is 1.12 bits per heavy atom. The number of aromatic nitrogens is 3. The SMILES string of the molecule is CCCSc1nnc(CNC(=O)C23CC4CC(CC(C4)C2)C3)n1-c1c(C)cccc1CC. The van der Waals surface area contributed by atoms with E-state index in [1.807, 2.05) is 0 Å². The van der Waals surface area contributed by atoms with Crippen LogP contribution in [0.25, 0.3) is 5.69 Å². The molecule has 1 N–H and O–H groups in total. The molecule has 6 rings (SSSR count). The minimum Gasteiger partial charge on any atom is -0.348 e. The molecule has 32 heavy (non-hydrogen) atoms. The first-order valence-electron chi connectivity index (χ1n) is 12.5. The molecule has 4 saturated carbocycles. The van der Waals surface area contributed by atoms with Crippen molar-refractivity contribution in [3.63, 3.8) is 0 Å². The Balaban J connectivity index is 1.41. The quantitative estimate of drug-likeness (QED) is 0.539. The summed E-state index contributed by atoms with van der Waals surface area (Å²) in [6, 6.07) is 6.46. The van der Waals surface area contributed by atoms with Crippen molar-refractivity contribution >= 4 is 17.7 Å². The third-order valence-electron chi connectivity index (χ3n) is 7.99. The van der Waals surface area contributed by atoms with Crippen LogP contribution in [0.15, 0.2) is 23.4 Å². The van der Waals surface area contributed by atoms with E-state index in [0.717, 1.165) is 66.6 Å². The van der Waals surface area contributed by atoms with Gasteiger partial charge in [-0.3, -0.25) is 9.36 Å². The number of para-hydroxylation sites is 1. The minimum absolute atomic E-state index is 0.128. The molecule has 4 bridgehead atoms. The molecule has 0 atom stereocenters. The maximum Gasteiger partial charge on any atom is 0.226 e. The van der Waals surface area contributed by atoms with Gasteiger partial charge in [-0.2, -0.15) is 0 Å². The Hall–Kier alpha value is -1.82. The van der Waals surface area contributed by atoms with Crippen LogP contribution in [0.2, 0.25) is 0 Å². The summed E-state index contributed by atoms with van der Waals surface area (Å²) in [6.07, 6.45) is 9.37. The predicted molar refractivity (Wildman–Crippen MR) is 129 cm³/mol. The molecular weight excluding hydrogens is 416 g/mol. The summed E-state index contributed by atoms with van der Waals surface area (Å²) in [4.78, 5) is 13.5. The number of benzene rings is 1. The summed E-state index contributed by atoms with van der Waals surface area (Å²) in [6.45, 7) is 6.97. The van der Waals surface area contributed by atoms with E-state index in [0.29, 0.717) is 6.54 Å². The second-order valence-electron chi connectivity index (χ2n) is 10.4. The van der Waals surface area contributed by atoms with E-state index in [2.05, 4.69) is 59.1 Å². The molecule has 6 heteroatoms. The van der Waals surface area contributed by atoms with E-state index in [-0.39, 0.29) is 11.3 Å². The zero-order chi connectivity index (χ0) is 22.3. The summed E-state index contributed by atoms with van der Waals surface area (Å²) in [5, 5.41) is 13.3. The van der Waals surface area contributed by atoms with Crippen molar-refractivity contribution in [2.24, 2.45) is 23.2 Å². The van der Waals surface area contributed by atoms with E-state index >= 15 is 0 Å². The fourth-order valence-corrected chi connectivity index (χ4v) is 7.80. The van der Waals surface area contributed by atoms with E-state index in [1.165, 1.54) is 36.1 Å². The highest BCUT2D eigenvalue weighted by Gasteiger charge is 2.54. The number of carbonyl (C=O) groups excluding carboxylic acids is 1. The molecule has 172 valence electrons. The van der Waals surface area contributed by atoms with Crippen molar-refractivity contribution in [2.75, 3.05) is 5.75 Å². The topological polar surface area (TPSA) is 59.8 Å². The monoisotopic (exact) mass is 452 g/mol. The number of nitrogens with one attached hydrogen (secondary N) is 1. The highest BCUT2D eigenvalue weighted by atomic mass is 32.2. The zero-order valence-corrected chi connectivity index (χ0v) is 20.5. The minimum atomic E-state index is -0.128. The van der Waals surface area contributed by atoms with E-state index in [4.69, 9.17) is 0 Å². The summed E-state index contributed by atoms with van der Waals surface area (Å²) in [5.74, 6) is 4.41. The lowest BCUT2D eigenvalue weighted by Gasteiger charge is -2.55. The van der Waals surface area contributed by atoms with Gasteiger partial charge in [0.25, 0.3) is 0 Å². The molecule has 4 fully saturated rings. The molecule has 1 aromatic carbocycles. The van der Waals surface area contributed by atoms with Gasteiger partial charge in [-0.15, -0.1) is 10.2 Å². The molecule has 1 heterocycles. The summed E-state index contributed by atoms with van der Waals surface area (Å²) >= 11 is 1.75. The van der Waals surface area contributed by atoms with Gasteiger partial charge in [0.05, 0.1) is 12.2 Å². The van der Waals surface area contributed by atoms with Crippen molar-refractivity contribution in [2.45, 2.75) is 83.8 Å². The van der Waals surface area contributed by atoms with Crippen LogP contribution in [-0.4, -0.2) is 26.4 Å². The number of thioether (sulfide) groups is 1. The lowest BCUT2D eigenvalue weighted by molar-refractivity contribution is -0.146.